The molecule has 5 heteroatoms. The number of amides is 1. The van der Waals surface area contributed by atoms with Gasteiger partial charge in [-0.2, -0.15) is 0 Å². The van der Waals surface area contributed by atoms with Gasteiger partial charge in [0, 0.05) is 38.2 Å². The quantitative estimate of drug-likeness (QED) is 0.634. The zero-order valence-corrected chi connectivity index (χ0v) is 16.2. The number of likely N-dealkylation sites (tertiary alicyclic amines) is 1. The molecule has 5 nitrogen and oxygen atoms in total. The maximum atomic E-state index is 13.3. The van der Waals surface area contributed by atoms with Gasteiger partial charge in [-0.05, 0) is 17.5 Å². The van der Waals surface area contributed by atoms with Gasteiger partial charge in [0.05, 0.1) is 11.6 Å². The second kappa shape index (κ2) is 8.38. The van der Waals surface area contributed by atoms with E-state index in [0.29, 0.717) is 13.0 Å². The summed E-state index contributed by atoms with van der Waals surface area (Å²) in [6.07, 6.45) is 3.63. The van der Waals surface area contributed by atoms with Crippen molar-refractivity contribution in [2.75, 3.05) is 6.54 Å². The maximum Gasteiger partial charge on any atom is 0.227 e. The minimum absolute atomic E-state index is 0.0992. The van der Waals surface area contributed by atoms with Crippen LogP contribution in [0.1, 0.15) is 36.1 Å². The Labute approximate surface area is 166 Å². The van der Waals surface area contributed by atoms with Crippen LogP contribution in [0, 0.1) is 5.92 Å². The van der Waals surface area contributed by atoms with Crippen molar-refractivity contribution in [2.24, 2.45) is 5.92 Å². The second-order valence-corrected chi connectivity index (χ2v) is 7.51. The van der Waals surface area contributed by atoms with Crippen LogP contribution in [0.2, 0.25) is 0 Å². The van der Waals surface area contributed by atoms with Gasteiger partial charge in [0.2, 0.25) is 5.91 Å². The minimum Gasteiger partial charge on any atom is -0.337 e. The summed E-state index contributed by atoms with van der Waals surface area (Å²) in [6, 6.07) is 20.6. The summed E-state index contributed by atoms with van der Waals surface area (Å²) in [5, 5.41) is 8.51. The summed E-state index contributed by atoms with van der Waals surface area (Å²) in [4.78, 5) is 15.3. The third kappa shape index (κ3) is 3.98. The molecular formula is C23H26N4O. The Balaban J connectivity index is 1.57. The molecule has 2 heterocycles. The Kier molecular flexibility index (Phi) is 5.51. The molecule has 0 spiro atoms. The molecule has 1 aliphatic heterocycles. The molecule has 0 N–H and O–H groups in total. The fourth-order valence-corrected chi connectivity index (χ4v) is 4.07. The first kappa shape index (κ1) is 18.4. The molecule has 1 fully saturated rings. The lowest BCUT2D eigenvalue weighted by atomic mass is 9.86. The van der Waals surface area contributed by atoms with E-state index in [0.717, 1.165) is 30.8 Å². The van der Waals surface area contributed by atoms with Crippen LogP contribution in [-0.2, 0) is 24.3 Å². The van der Waals surface area contributed by atoms with Gasteiger partial charge in [-0.25, -0.2) is 0 Å². The zero-order valence-electron chi connectivity index (χ0n) is 16.2. The summed E-state index contributed by atoms with van der Waals surface area (Å²) in [5.41, 5.74) is 3.28. The maximum absolute atomic E-state index is 13.3. The average molecular weight is 374 g/mol. The van der Waals surface area contributed by atoms with E-state index in [4.69, 9.17) is 0 Å². The van der Waals surface area contributed by atoms with Gasteiger partial charge in [0.25, 0.3) is 0 Å². The first-order valence-electron chi connectivity index (χ1n) is 10.0. The third-order valence-corrected chi connectivity index (χ3v) is 5.44. The Morgan fingerprint density at radius 3 is 2.46 bits per heavy atom. The molecule has 0 unspecified atom stereocenters. The topological polar surface area (TPSA) is 51.0 Å². The second-order valence-electron chi connectivity index (χ2n) is 7.51. The number of rotatable bonds is 7. The highest BCUT2D eigenvalue weighted by molar-refractivity contribution is 5.83. The van der Waals surface area contributed by atoms with Crippen molar-refractivity contribution in [3.63, 3.8) is 0 Å². The number of nitrogens with zero attached hydrogens (tertiary/aromatic N) is 4. The van der Waals surface area contributed by atoms with Crippen LogP contribution >= 0.6 is 0 Å². The zero-order chi connectivity index (χ0) is 19.3. The van der Waals surface area contributed by atoms with Crippen molar-refractivity contribution in [3.05, 3.63) is 83.7 Å². The molecular weight excluding hydrogens is 348 g/mol. The van der Waals surface area contributed by atoms with Gasteiger partial charge in [-0.3, -0.25) is 9.48 Å². The molecule has 2 atom stereocenters. The number of aryl methyl sites for hydroxylation is 1. The van der Waals surface area contributed by atoms with E-state index in [9.17, 15) is 4.79 Å². The van der Waals surface area contributed by atoms with Crippen molar-refractivity contribution in [3.8, 4) is 0 Å². The van der Waals surface area contributed by atoms with E-state index >= 15 is 0 Å². The summed E-state index contributed by atoms with van der Waals surface area (Å²) in [6.45, 7) is 4.37. The summed E-state index contributed by atoms with van der Waals surface area (Å²) >= 11 is 0. The molecule has 0 saturated carbocycles. The summed E-state index contributed by atoms with van der Waals surface area (Å²) < 4.78 is 1.87. The average Bonchev–Trinajstić information content (AvgIpc) is 3.29. The largest absolute Gasteiger partial charge is 0.337 e. The lowest BCUT2D eigenvalue weighted by molar-refractivity contribution is -0.131. The number of benzene rings is 2. The van der Waals surface area contributed by atoms with Gasteiger partial charge in [0.1, 0.15) is 0 Å². The van der Waals surface area contributed by atoms with E-state index in [1.807, 2.05) is 52.2 Å². The van der Waals surface area contributed by atoms with Gasteiger partial charge >= 0.3 is 0 Å². The molecule has 1 aliphatic rings. The van der Waals surface area contributed by atoms with Crippen molar-refractivity contribution in [1.29, 1.82) is 0 Å². The molecule has 0 radical (unpaired) electrons. The molecule has 144 valence electrons. The lowest BCUT2D eigenvalue weighted by Crippen LogP contribution is -2.27. The minimum atomic E-state index is -0.0992. The Bertz CT molecular complexity index is 907. The highest BCUT2D eigenvalue weighted by Crippen LogP contribution is 2.36. The van der Waals surface area contributed by atoms with Crippen molar-refractivity contribution in [2.45, 2.75) is 38.8 Å². The monoisotopic (exact) mass is 374 g/mol. The van der Waals surface area contributed by atoms with Crippen LogP contribution in [-0.4, -0.2) is 32.3 Å². The lowest BCUT2D eigenvalue weighted by Gasteiger charge is -2.16. The molecule has 1 saturated heterocycles. The van der Waals surface area contributed by atoms with Crippen LogP contribution in [0.25, 0.3) is 0 Å². The predicted molar refractivity (Wildman–Crippen MR) is 109 cm³/mol. The van der Waals surface area contributed by atoms with E-state index in [1.165, 1.54) is 5.56 Å². The highest BCUT2D eigenvalue weighted by Gasteiger charge is 2.41. The molecule has 28 heavy (non-hydrogen) atoms. The number of carbonyl (C=O) groups is 1. The smallest absolute Gasteiger partial charge is 0.227 e. The number of hydrogen-bond donors (Lipinski definition) is 0. The fraction of sp³-hybridized carbons (Fsp3) is 0.348. The van der Waals surface area contributed by atoms with Gasteiger partial charge < -0.3 is 4.90 Å². The van der Waals surface area contributed by atoms with Gasteiger partial charge in [0.15, 0.2) is 0 Å². The summed E-state index contributed by atoms with van der Waals surface area (Å²) in [5.74, 6) is 0.286. The van der Waals surface area contributed by atoms with Crippen LogP contribution in [0.15, 0.2) is 66.9 Å². The Morgan fingerprint density at radius 1 is 1.04 bits per heavy atom. The number of aromatic nitrogens is 3. The van der Waals surface area contributed by atoms with E-state index < -0.39 is 0 Å². The third-order valence-electron chi connectivity index (χ3n) is 5.44. The molecule has 1 amide bonds. The van der Waals surface area contributed by atoms with Crippen LogP contribution < -0.4 is 0 Å². The molecule has 2 aromatic carbocycles. The number of carbonyl (C=O) groups excluding carboxylic acids is 1. The van der Waals surface area contributed by atoms with E-state index in [1.54, 1.807) is 0 Å². The van der Waals surface area contributed by atoms with Gasteiger partial charge in [-0.1, -0.05) is 72.8 Å². The van der Waals surface area contributed by atoms with Gasteiger partial charge in [-0.15, -0.1) is 5.10 Å². The molecule has 1 aromatic heterocycles. The first-order valence-corrected chi connectivity index (χ1v) is 10.0. The van der Waals surface area contributed by atoms with Crippen LogP contribution in [0.4, 0.5) is 0 Å². The number of hydrogen-bond acceptors (Lipinski definition) is 3. The molecule has 4 rings (SSSR count). The fourth-order valence-electron chi connectivity index (χ4n) is 4.07. The Morgan fingerprint density at radius 2 is 1.75 bits per heavy atom. The normalized spacial score (nSPS) is 19.3. The molecule has 3 aromatic rings. The standard InChI is InChI=1S/C23H26N4O/c1-2-13-27-16-20(24-25-27)14-21-22(19-11-7-4-8-12-19)17-26(23(21)28)15-18-9-5-3-6-10-18/h3-12,16,21-22H,2,13-15,17H2,1H3/t21-,22-/m1/s1. The molecule has 0 bridgehead atoms. The first-order chi connectivity index (χ1) is 13.7. The van der Waals surface area contributed by atoms with E-state index in [2.05, 4.69) is 41.5 Å². The summed E-state index contributed by atoms with van der Waals surface area (Å²) in [7, 11) is 0. The van der Waals surface area contributed by atoms with Crippen molar-refractivity contribution >= 4 is 5.91 Å². The van der Waals surface area contributed by atoms with Crippen molar-refractivity contribution < 1.29 is 4.79 Å². The van der Waals surface area contributed by atoms with Crippen LogP contribution in [0.5, 0.6) is 0 Å². The molecule has 0 aliphatic carbocycles. The predicted octanol–water partition coefficient (Wildman–Crippen LogP) is 3.67. The SMILES string of the molecule is CCCn1cc(C[C@H]2C(=O)N(Cc3ccccc3)C[C@@H]2c2ccccc2)nn1. The van der Waals surface area contributed by atoms with Crippen LogP contribution in [0.3, 0.4) is 0 Å². The van der Waals surface area contributed by atoms with Crippen molar-refractivity contribution in [1.82, 2.24) is 19.9 Å². The highest BCUT2D eigenvalue weighted by atomic mass is 16.2. The Hall–Kier alpha value is -2.95. The van der Waals surface area contributed by atoms with E-state index in [-0.39, 0.29) is 17.7 Å².